The Hall–Kier alpha value is -1.07. The molecule has 0 spiro atoms. The Labute approximate surface area is 122 Å². The van der Waals surface area contributed by atoms with Crippen LogP contribution >= 0.6 is 0 Å². The van der Waals surface area contributed by atoms with E-state index < -0.39 is 0 Å². The summed E-state index contributed by atoms with van der Waals surface area (Å²) in [6.45, 7) is 15.4. The number of aromatic nitrogens is 2. The Morgan fingerprint density at radius 1 is 1.15 bits per heavy atom. The van der Waals surface area contributed by atoms with Crippen LogP contribution in [-0.4, -0.2) is 28.1 Å². The van der Waals surface area contributed by atoms with Gasteiger partial charge in [-0.25, -0.2) is 0 Å². The average molecular weight is 276 g/mol. The molecule has 1 fully saturated rings. The maximum absolute atomic E-state index is 6.03. The normalized spacial score (nSPS) is 20.2. The highest BCUT2D eigenvalue weighted by Gasteiger charge is 2.52. The molecule has 4 nitrogen and oxygen atoms in total. The van der Waals surface area contributed by atoms with Crippen LogP contribution in [0.2, 0.25) is 0 Å². The monoisotopic (exact) mass is 276 g/mol. The molecule has 0 saturated carbocycles. The zero-order valence-electron chi connectivity index (χ0n) is 13.7. The molecule has 1 saturated heterocycles. The van der Waals surface area contributed by atoms with E-state index in [-0.39, 0.29) is 18.3 Å². The lowest BCUT2D eigenvalue weighted by Crippen LogP contribution is -2.41. The molecular weight excluding hydrogens is 251 g/mol. The van der Waals surface area contributed by atoms with E-state index in [1.807, 2.05) is 17.1 Å². The first-order chi connectivity index (χ1) is 9.12. The molecule has 2 heterocycles. The van der Waals surface area contributed by atoms with Crippen molar-refractivity contribution >= 4 is 12.6 Å². The summed E-state index contributed by atoms with van der Waals surface area (Å²) >= 11 is 0. The molecule has 2 rings (SSSR count). The Balaban J connectivity index is 2.13. The molecule has 1 aliphatic rings. The van der Waals surface area contributed by atoms with Crippen LogP contribution in [0.3, 0.4) is 0 Å². The van der Waals surface area contributed by atoms with Gasteiger partial charge in [-0.15, -0.1) is 0 Å². The van der Waals surface area contributed by atoms with Crippen molar-refractivity contribution in [2.75, 3.05) is 0 Å². The first-order valence-electron chi connectivity index (χ1n) is 7.13. The van der Waals surface area contributed by atoms with Crippen molar-refractivity contribution in [3.05, 3.63) is 23.5 Å². The summed E-state index contributed by atoms with van der Waals surface area (Å²) in [7, 11) is -0.333. The van der Waals surface area contributed by atoms with Gasteiger partial charge < -0.3 is 9.31 Å². The molecule has 20 heavy (non-hydrogen) atoms. The van der Waals surface area contributed by atoms with Crippen molar-refractivity contribution < 1.29 is 9.31 Å². The molecule has 5 heteroatoms. The van der Waals surface area contributed by atoms with E-state index in [2.05, 4.69) is 53.6 Å². The standard InChI is InChI=1S/C15H25BN2O2/c1-11(2)12(3)9-18-10-13(8-17-18)16-19-14(4,5)15(6,7)20-16/h8,10H,9H2,1-7H3. The number of hydrogen-bond acceptors (Lipinski definition) is 3. The molecule has 0 N–H and O–H groups in total. The highest BCUT2D eigenvalue weighted by Crippen LogP contribution is 2.36. The summed E-state index contributed by atoms with van der Waals surface area (Å²) < 4.78 is 14.0. The summed E-state index contributed by atoms with van der Waals surface area (Å²) in [5.41, 5.74) is 3.02. The third kappa shape index (κ3) is 2.84. The second-order valence-electron chi connectivity index (χ2n) is 6.84. The van der Waals surface area contributed by atoms with E-state index in [0.717, 1.165) is 12.0 Å². The quantitative estimate of drug-likeness (QED) is 0.628. The van der Waals surface area contributed by atoms with Crippen molar-refractivity contribution in [3.8, 4) is 0 Å². The van der Waals surface area contributed by atoms with Gasteiger partial charge in [0.2, 0.25) is 0 Å². The molecule has 1 aromatic heterocycles. The minimum absolute atomic E-state index is 0.310. The molecule has 1 aromatic rings. The second kappa shape index (κ2) is 5.04. The molecule has 0 aliphatic carbocycles. The summed E-state index contributed by atoms with van der Waals surface area (Å²) in [6, 6.07) is 0. The maximum Gasteiger partial charge on any atom is 0.498 e. The van der Waals surface area contributed by atoms with E-state index in [1.54, 1.807) is 0 Å². The summed E-state index contributed by atoms with van der Waals surface area (Å²) in [6.07, 6.45) is 3.84. The minimum atomic E-state index is -0.333. The molecule has 0 amide bonds. The van der Waals surface area contributed by atoms with Crippen LogP contribution in [0.15, 0.2) is 23.5 Å². The van der Waals surface area contributed by atoms with Crippen molar-refractivity contribution in [2.45, 2.75) is 66.2 Å². The van der Waals surface area contributed by atoms with Crippen LogP contribution in [0.25, 0.3) is 0 Å². The molecule has 1 aliphatic heterocycles. The maximum atomic E-state index is 6.03. The topological polar surface area (TPSA) is 36.3 Å². The second-order valence-corrected chi connectivity index (χ2v) is 6.84. The zero-order chi connectivity index (χ0) is 15.1. The van der Waals surface area contributed by atoms with E-state index >= 15 is 0 Å². The van der Waals surface area contributed by atoms with Crippen LogP contribution < -0.4 is 5.46 Å². The molecule has 110 valence electrons. The fourth-order valence-electron chi connectivity index (χ4n) is 1.97. The Bertz CT molecular complexity index is 512. The van der Waals surface area contributed by atoms with E-state index in [4.69, 9.17) is 9.31 Å². The average Bonchev–Trinajstić information content (AvgIpc) is 2.82. The SMILES string of the molecule is CC(C)=C(C)Cn1cc(B2OC(C)(C)C(C)(C)O2)cn1. The molecular formula is C15H25BN2O2. The van der Waals surface area contributed by atoms with E-state index in [9.17, 15) is 0 Å². The highest BCUT2D eigenvalue weighted by atomic mass is 16.7. The predicted octanol–water partition coefficient (Wildman–Crippen LogP) is 2.54. The Kier molecular flexibility index (Phi) is 3.86. The summed E-state index contributed by atoms with van der Waals surface area (Å²) in [5.74, 6) is 0. The van der Waals surface area contributed by atoms with Gasteiger partial charge in [-0.05, 0) is 48.5 Å². The van der Waals surface area contributed by atoms with Crippen LogP contribution in [0.5, 0.6) is 0 Å². The Morgan fingerprint density at radius 3 is 2.20 bits per heavy atom. The van der Waals surface area contributed by atoms with Gasteiger partial charge in [0.1, 0.15) is 0 Å². The lowest BCUT2D eigenvalue weighted by Gasteiger charge is -2.32. The molecule has 0 bridgehead atoms. The number of nitrogens with zero attached hydrogens (tertiary/aromatic N) is 2. The highest BCUT2D eigenvalue weighted by molar-refractivity contribution is 6.61. The molecule has 0 radical (unpaired) electrons. The van der Waals surface area contributed by atoms with Crippen LogP contribution in [0, 0.1) is 0 Å². The lowest BCUT2D eigenvalue weighted by atomic mass is 9.82. The van der Waals surface area contributed by atoms with E-state index in [1.165, 1.54) is 11.1 Å². The summed E-state index contributed by atoms with van der Waals surface area (Å²) in [4.78, 5) is 0. The fraction of sp³-hybridized carbons (Fsp3) is 0.667. The predicted molar refractivity (Wildman–Crippen MR) is 82.0 cm³/mol. The molecule has 0 atom stereocenters. The van der Waals surface area contributed by atoms with Crippen molar-refractivity contribution in [1.82, 2.24) is 9.78 Å². The van der Waals surface area contributed by atoms with Gasteiger partial charge >= 0.3 is 7.12 Å². The first-order valence-corrected chi connectivity index (χ1v) is 7.13. The van der Waals surface area contributed by atoms with Gasteiger partial charge in [-0.3, -0.25) is 4.68 Å². The number of rotatable bonds is 3. The number of hydrogen-bond donors (Lipinski definition) is 0. The minimum Gasteiger partial charge on any atom is -0.399 e. The van der Waals surface area contributed by atoms with Crippen molar-refractivity contribution in [3.63, 3.8) is 0 Å². The van der Waals surface area contributed by atoms with Gasteiger partial charge in [0.15, 0.2) is 0 Å². The zero-order valence-corrected chi connectivity index (χ0v) is 13.7. The van der Waals surface area contributed by atoms with Crippen molar-refractivity contribution in [1.29, 1.82) is 0 Å². The van der Waals surface area contributed by atoms with Gasteiger partial charge in [0, 0.05) is 17.9 Å². The van der Waals surface area contributed by atoms with Gasteiger partial charge in [0.05, 0.1) is 17.7 Å². The summed E-state index contributed by atoms with van der Waals surface area (Å²) in [5, 5.41) is 4.40. The van der Waals surface area contributed by atoms with Crippen molar-refractivity contribution in [2.24, 2.45) is 0 Å². The smallest absolute Gasteiger partial charge is 0.399 e. The third-order valence-electron chi connectivity index (χ3n) is 4.43. The number of allylic oxidation sites excluding steroid dienone is 2. The fourth-order valence-corrected chi connectivity index (χ4v) is 1.97. The first kappa shape index (κ1) is 15.3. The van der Waals surface area contributed by atoms with Crippen LogP contribution in [0.1, 0.15) is 48.5 Å². The largest absolute Gasteiger partial charge is 0.498 e. The molecule has 0 unspecified atom stereocenters. The lowest BCUT2D eigenvalue weighted by molar-refractivity contribution is 0.00578. The van der Waals surface area contributed by atoms with Gasteiger partial charge in [-0.2, -0.15) is 5.10 Å². The van der Waals surface area contributed by atoms with Crippen LogP contribution in [0.4, 0.5) is 0 Å². The van der Waals surface area contributed by atoms with Crippen LogP contribution in [-0.2, 0) is 15.9 Å². The van der Waals surface area contributed by atoms with Gasteiger partial charge in [-0.1, -0.05) is 11.1 Å². The van der Waals surface area contributed by atoms with E-state index in [0.29, 0.717) is 0 Å². The molecule has 0 aromatic carbocycles. The third-order valence-corrected chi connectivity index (χ3v) is 4.43. The van der Waals surface area contributed by atoms with Gasteiger partial charge in [0.25, 0.3) is 0 Å². The Morgan fingerprint density at radius 2 is 1.70 bits per heavy atom.